The topological polar surface area (TPSA) is 212 Å². The van der Waals surface area contributed by atoms with E-state index < -0.39 is 13.5 Å². The molecule has 2 aliphatic rings. The molecule has 1 aliphatic carbocycles. The van der Waals surface area contributed by atoms with Crippen molar-refractivity contribution in [3.63, 3.8) is 0 Å². The van der Waals surface area contributed by atoms with Gasteiger partial charge in [-0.05, 0) is 37.0 Å². The maximum atomic E-state index is 13.2. The number of imidazole rings is 3. The molecule has 1 saturated heterocycles. The van der Waals surface area contributed by atoms with E-state index in [1.54, 1.807) is 35.8 Å². The average Bonchev–Trinajstić information content (AvgIpc) is 3.76. The number of hydrogen-bond acceptors (Lipinski definition) is 13. The average molecular weight is 683 g/mol. The van der Waals surface area contributed by atoms with Crippen LogP contribution in [0.4, 0.5) is 5.82 Å². The lowest BCUT2D eigenvalue weighted by Crippen LogP contribution is -2.43. The summed E-state index contributed by atoms with van der Waals surface area (Å²) in [6.45, 7) is -7.70. The minimum Gasteiger partial charge on any atom is -0.382 e. The molecule has 0 amide bonds. The minimum absolute atomic E-state index is 0.00278. The van der Waals surface area contributed by atoms with E-state index in [1.807, 2.05) is 9.13 Å². The zero-order valence-electron chi connectivity index (χ0n) is 22.9. The fourth-order valence-electron chi connectivity index (χ4n) is 5.81. The highest BCUT2D eigenvalue weighted by atomic mass is 32.7. The first-order chi connectivity index (χ1) is 21.1. The predicted octanol–water partition coefficient (Wildman–Crippen LogP) is 2.65. The molecule has 5 aromatic heterocycles. The molecular weight excluding hydrogens is 654 g/mol. The van der Waals surface area contributed by atoms with Crippen molar-refractivity contribution in [1.29, 1.82) is 0 Å². The van der Waals surface area contributed by atoms with Crippen LogP contribution in [0.3, 0.4) is 0 Å². The number of thiol groups is 1. The van der Waals surface area contributed by atoms with E-state index in [0.717, 1.165) is 0 Å². The summed E-state index contributed by atoms with van der Waals surface area (Å²) in [5.74, 6) is -0.225. The summed E-state index contributed by atoms with van der Waals surface area (Å²) in [6.07, 6.45) is 11.0. The number of nitrogens with zero attached hydrogens (tertiary/aromatic N) is 9. The number of fused-ring (bicyclic) bond motifs is 4. The summed E-state index contributed by atoms with van der Waals surface area (Å²) < 4.78 is 41.4. The molecule has 234 valence electrons. The second-order valence-corrected chi connectivity index (χ2v) is 16.3. The van der Waals surface area contributed by atoms with Crippen molar-refractivity contribution in [1.82, 2.24) is 43.4 Å². The maximum absolute atomic E-state index is 13.2. The molecule has 21 heteroatoms. The molecule has 0 bridgehead atoms. The van der Waals surface area contributed by atoms with Crippen molar-refractivity contribution < 1.29 is 32.7 Å². The fraction of sp³-hybridized carbons (Fsp3) is 0.478. The molecule has 1 unspecified atom stereocenters. The van der Waals surface area contributed by atoms with Gasteiger partial charge in [0.15, 0.2) is 28.3 Å². The highest BCUT2D eigenvalue weighted by molar-refractivity contribution is 8.44. The Balaban J connectivity index is 0.984. The minimum atomic E-state index is -3.86. The lowest BCUT2D eigenvalue weighted by atomic mass is 9.70. The van der Waals surface area contributed by atoms with Gasteiger partial charge in [-0.1, -0.05) is 12.2 Å². The molecule has 6 atom stereocenters. The molecule has 0 aromatic carbocycles. The second kappa shape index (κ2) is 11.7. The molecule has 17 nitrogen and oxygen atoms in total. The molecule has 1 aliphatic heterocycles. The van der Waals surface area contributed by atoms with Gasteiger partial charge in [0, 0.05) is 24.4 Å². The van der Waals surface area contributed by atoms with E-state index >= 15 is 0 Å². The zero-order valence-corrected chi connectivity index (χ0v) is 26.4. The third-order valence-electron chi connectivity index (χ3n) is 8.05. The Hall–Kier alpha value is -2.57. The summed E-state index contributed by atoms with van der Waals surface area (Å²) in [7, 11) is 0. The lowest BCUT2D eigenvalue weighted by Gasteiger charge is -2.45. The van der Waals surface area contributed by atoms with E-state index in [-0.39, 0.29) is 55.8 Å². The molecule has 0 radical (unpaired) electrons. The second-order valence-electron chi connectivity index (χ2n) is 10.7. The van der Waals surface area contributed by atoms with Gasteiger partial charge in [-0.2, -0.15) is 0 Å². The lowest BCUT2D eigenvalue weighted by molar-refractivity contribution is -0.0221. The monoisotopic (exact) mass is 682 g/mol. The van der Waals surface area contributed by atoms with Crippen molar-refractivity contribution in [2.75, 3.05) is 25.6 Å². The number of ether oxygens (including phenoxy) is 1. The van der Waals surface area contributed by atoms with Crippen LogP contribution in [0.25, 0.3) is 28.0 Å². The number of nitrogen functional groups attached to an aromatic ring is 1. The van der Waals surface area contributed by atoms with Crippen molar-refractivity contribution in [2.45, 2.75) is 37.6 Å². The normalized spacial score (nSPS) is 25.6. The number of nitrogens with two attached hydrogens (primary N) is 1. The van der Waals surface area contributed by atoms with Gasteiger partial charge in [0.05, 0.1) is 38.6 Å². The van der Waals surface area contributed by atoms with E-state index in [4.69, 9.17) is 24.0 Å². The van der Waals surface area contributed by atoms with Gasteiger partial charge in [-0.25, -0.2) is 34.5 Å². The first-order valence-corrected chi connectivity index (χ1v) is 18.9. The number of anilines is 1. The van der Waals surface area contributed by atoms with Crippen LogP contribution in [0.2, 0.25) is 0 Å². The van der Waals surface area contributed by atoms with E-state index in [0.29, 0.717) is 47.2 Å². The third-order valence-corrected chi connectivity index (χ3v) is 10.5. The van der Waals surface area contributed by atoms with Gasteiger partial charge in [0.2, 0.25) is 0 Å². The van der Waals surface area contributed by atoms with E-state index in [2.05, 4.69) is 54.0 Å². The maximum Gasteiger partial charge on any atom is 0.386 e. The van der Waals surface area contributed by atoms with Gasteiger partial charge in [0.1, 0.15) is 24.4 Å². The summed E-state index contributed by atoms with van der Waals surface area (Å²) in [6, 6.07) is -0.188. The van der Waals surface area contributed by atoms with Crippen LogP contribution in [0.5, 0.6) is 0 Å². The van der Waals surface area contributed by atoms with Crippen molar-refractivity contribution in [3.05, 3.63) is 37.7 Å². The Bertz CT molecular complexity index is 1930. The largest absolute Gasteiger partial charge is 0.386 e. The Morgan fingerprint density at radius 2 is 1.73 bits per heavy atom. The highest BCUT2D eigenvalue weighted by Gasteiger charge is 2.45. The third kappa shape index (κ3) is 5.89. The first-order valence-electron chi connectivity index (χ1n) is 13.6. The van der Waals surface area contributed by atoms with Crippen LogP contribution in [-0.4, -0.2) is 79.2 Å². The van der Waals surface area contributed by atoms with Crippen LogP contribution in [0.1, 0.15) is 31.5 Å². The van der Waals surface area contributed by atoms with Gasteiger partial charge in [-0.3, -0.25) is 13.5 Å². The summed E-state index contributed by atoms with van der Waals surface area (Å²) in [5, 5.41) is 0. The van der Waals surface area contributed by atoms with Crippen molar-refractivity contribution in [3.8, 4) is 0 Å². The SMILES string of the molecule is Nc1ncnc2c1ncn2[C@@H]1C[C@H](COP(O)(O)=S)[C@H]1COP(=O)(S)OC[C@@H]1CC[C@H](n2cnc3c2ncn2ccnc32)O1. The van der Waals surface area contributed by atoms with Gasteiger partial charge < -0.3 is 33.9 Å². The molecule has 6 heterocycles. The van der Waals surface area contributed by atoms with Gasteiger partial charge in [-0.15, -0.1) is 0 Å². The molecule has 44 heavy (non-hydrogen) atoms. The number of aromatic nitrogens is 9. The molecule has 7 rings (SSSR count). The quantitative estimate of drug-likeness (QED) is 0.116. The molecule has 2 fully saturated rings. The molecular formula is C23H28N10O7P2S2. The van der Waals surface area contributed by atoms with Crippen LogP contribution < -0.4 is 5.73 Å². The van der Waals surface area contributed by atoms with Crippen molar-refractivity contribution >= 4 is 71.4 Å². The van der Waals surface area contributed by atoms with Crippen LogP contribution in [-0.2, 0) is 34.7 Å². The Kier molecular flexibility index (Phi) is 7.98. The number of hydrogen-bond donors (Lipinski definition) is 4. The van der Waals surface area contributed by atoms with Gasteiger partial charge in [0.25, 0.3) is 0 Å². The highest BCUT2D eigenvalue weighted by Crippen LogP contribution is 2.56. The Labute approximate surface area is 259 Å². The standard InChI is InChI=1S/C23H28N10O7P2S2/c24-20-18-22(27-9-26-20)32(11-28-18)16-5-13(6-37-41(34,35)43)15(16)8-39-42(36,44)38-7-14-1-2-17(40-14)33-12-29-19-21-25-3-4-31(21)10-30-23(19)33/h3-4,9-17H,1-2,5-8H2,(H,36,44)(H2,24,26,27)(H2,34,35,43)/t13-,14+,15-,16-,17-,42?/m1/s1. The predicted molar refractivity (Wildman–Crippen MR) is 163 cm³/mol. The van der Waals surface area contributed by atoms with Crippen LogP contribution >= 0.6 is 25.8 Å². The smallest absolute Gasteiger partial charge is 0.382 e. The molecule has 0 spiro atoms. The molecule has 1 saturated carbocycles. The summed E-state index contributed by atoms with van der Waals surface area (Å²) in [4.78, 5) is 45.1. The van der Waals surface area contributed by atoms with Crippen molar-refractivity contribution in [2.24, 2.45) is 11.8 Å². The van der Waals surface area contributed by atoms with Crippen LogP contribution in [0.15, 0.2) is 37.7 Å². The number of rotatable bonds is 11. The van der Waals surface area contributed by atoms with Gasteiger partial charge >= 0.3 is 13.5 Å². The molecule has 5 aromatic rings. The Morgan fingerprint density at radius 3 is 2.57 bits per heavy atom. The summed E-state index contributed by atoms with van der Waals surface area (Å²) in [5.41, 5.74) is 8.98. The zero-order chi connectivity index (χ0) is 30.6. The van der Waals surface area contributed by atoms with Crippen LogP contribution in [0, 0.1) is 11.8 Å². The first kappa shape index (κ1) is 30.1. The Morgan fingerprint density at radius 1 is 0.955 bits per heavy atom. The van der Waals surface area contributed by atoms with E-state index in [9.17, 15) is 14.4 Å². The summed E-state index contributed by atoms with van der Waals surface area (Å²) >= 11 is 8.81. The fourth-order valence-corrected chi connectivity index (χ4v) is 7.57. The molecule has 4 N–H and O–H groups in total. The van der Waals surface area contributed by atoms with E-state index in [1.165, 1.54) is 6.33 Å².